The highest BCUT2D eigenvalue weighted by Gasteiger charge is 2.27. The number of anilines is 1. The second-order valence-electron chi connectivity index (χ2n) is 6.23. The molecule has 0 fully saturated rings. The molecule has 0 unspecified atom stereocenters. The number of carbonyl (C=O) groups is 1. The lowest BCUT2D eigenvalue weighted by atomic mass is 9.88. The maximum atomic E-state index is 12.2. The smallest absolute Gasteiger partial charge is 0.243 e. The molecule has 6 nitrogen and oxygen atoms in total. The van der Waals surface area contributed by atoms with Gasteiger partial charge in [-0.2, -0.15) is 5.10 Å². The Balaban J connectivity index is 1.88. The lowest BCUT2D eigenvalue weighted by Crippen LogP contribution is -2.33. The second kappa shape index (κ2) is 6.39. The van der Waals surface area contributed by atoms with Gasteiger partial charge in [-0.3, -0.25) is 4.79 Å². The third-order valence-electron chi connectivity index (χ3n) is 4.57. The maximum Gasteiger partial charge on any atom is 0.243 e. The Kier molecular flexibility index (Phi) is 4.45. The van der Waals surface area contributed by atoms with Crippen LogP contribution >= 0.6 is 0 Å². The summed E-state index contributed by atoms with van der Waals surface area (Å²) < 4.78 is 24.9. The fourth-order valence-corrected chi connectivity index (χ4v) is 3.51. The van der Waals surface area contributed by atoms with Crippen LogP contribution in [0.15, 0.2) is 36.5 Å². The molecule has 0 bridgehead atoms. The van der Waals surface area contributed by atoms with Crippen LogP contribution in [0.2, 0.25) is 0 Å². The van der Waals surface area contributed by atoms with Crippen molar-refractivity contribution in [2.24, 2.45) is 0 Å². The number of rotatable bonds is 4. The normalized spacial score (nSPS) is 18.7. The summed E-state index contributed by atoms with van der Waals surface area (Å²) in [4.78, 5) is 12.2. The van der Waals surface area contributed by atoms with Crippen molar-refractivity contribution in [3.05, 3.63) is 47.7 Å². The molecule has 128 valence electrons. The minimum atomic E-state index is -3.43. The number of sulfone groups is 1. The van der Waals surface area contributed by atoms with Gasteiger partial charge in [-0.15, -0.1) is 0 Å². The van der Waals surface area contributed by atoms with Crippen molar-refractivity contribution in [2.75, 3.05) is 11.6 Å². The Morgan fingerprint density at radius 3 is 2.83 bits per heavy atom. The van der Waals surface area contributed by atoms with Gasteiger partial charge in [-0.25, -0.2) is 13.1 Å². The van der Waals surface area contributed by atoms with Crippen molar-refractivity contribution >= 4 is 21.6 Å². The summed E-state index contributed by atoms with van der Waals surface area (Å²) >= 11 is 0. The zero-order chi connectivity index (χ0) is 17.3. The lowest BCUT2D eigenvalue weighted by molar-refractivity contribution is -0.115. The van der Waals surface area contributed by atoms with E-state index in [-0.39, 0.29) is 6.04 Å². The summed E-state index contributed by atoms with van der Waals surface area (Å²) in [7, 11) is -3.43. The van der Waals surface area contributed by atoms with E-state index in [1.165, 1.54) is 18.1 Å². The van der Waals surface area contributed by atoms with Gasteiger partial charge < -0.3 is 5.32 Å². The zero-order valence-electron chi connectivity index (χ0n) is 13.8. The van der Waals surface area contributed by atoms with Gasteiger partial charge in [0.1, 0.15) is 11.1 Å². The molecule has 0 radical (unpaired) electrons. The number of aryl methyl sites for hydroxylation is 1. The van der Waals surface area contributed by atoms with Crippen molar-refractivity contribution in [2.45, 2.75) is 37.5 Å². The van der Waals surface area contributed by atoms with Crippen LogP contribution in [-0.2, 0) is 21.1 Å². The predicted molar refractivity (Wildman–Crippen MR) is 92.7 cm³/mol. The first-order valence-corrected chi connectivity index (χ1v) is 9.94. The van der Waals surface area contributed by atoms with Crippen molar-refractivity contribution in [1.82, 2.24) is 9.78 Å². The molecule has 0 spiro atoms. The fraction of sp³-hybridized carbons (Fsp3) is 0.412. The van der Waals surface area contributed by atoms with Crippen LogP contribution in [0.1, 0.15) is 36.9 Å². The van der Waals surface area contributed by atoms with Gasteiger partial charge in [0.05, 0.1) is 12.2 Å². The summed E-state index contributed by atoms with van der Waals surface area (Å²) in [6.07, 6.45) is 5.71. The first-order chi connectivity index (χ1) is 11.4. The maximum absolute atomic E-state index is 12.2. The highest BCUT2D eigenvalue weighted by Crippen LogP contribution is 2.34. The molecule has 2 atom stereocenters. The Morgan fingerprint density at radius 2 is 2.08 bits per heavy atom. The highest BCUT2D eigenvalue weighted by molar-refractivity contribution is 7.92. The molecule has 1 aromatic carbocycles. The quantitative estimate of drug-likeness (QED) is 0.919. The number of fused-ring (bicyclic) bond motifs is 1. The van der Waals surface area contributed by atoms with E-state index in [0.717, 1.165) is 25.5 Å². The van der Waals surface area contributed by atoms with Gasteiger partial charge in [0.25, 0.3) is 0 Å². The molecule has 0 saturated heterocycles. The summed E-state index contributed by atoms with van der Waals surface area (Å²) in [5.41, 5.74) is 2.50. The van der Waals surface area contributed by atoms with Crippen LogP contribution in [0, 0.1) is 0 Å². The topological polar surface area (TPSA) is 81.1 Å². The predicted octanol–water partition coefficient (Wildman–Crippen LogP) is 2.18. The molecule has 1 aliphatic carbocycles. The Bertz CT molecular complexity index is 857. The minimum absolute atomic E-state index is 0.0498. The molecule has 24 heavy (non-hydrogen) atoms. The fourth-order valence-electron chi connectivity index (χ4n) is 3.07. The van der Waals surface area contributed by atoms with Gasteiger partial charge in [0, 0.05) is 12.3 Å². The molecule has 0 aliphatic heterocycles. The molecule has 1 amide bonds. The van der Waals surface area contributed by atoms with E-state index in [2.05, 4.69) is 22.5 Å². The first kappa shape index (κ1) is 16.7. The average molecular weight is 347 g/mol. The van der Waals surface area contributed by atoms with Crippen molar-refractivity contribution in [3.8, 4) is 0 Å². The number of amides is 1. The number of carbonyl (C=O) groups excluding carboxylic acids is 1. The molecular weight excluding hydrogens is 326 g/mol. The summed E-state index contributed by atoms with van der Waals surface area (Å²) in [5, 5.41) is 5.98. The Hall–Kier alpha value is -2.15. The number of nitrogens with one attached hydrogen (secondary N) is 1. The molecule has 0 saturated carbocycles. The molecule has 7 heteroatoms. The minimum Gasteiger partial charge on any atom is -0.310 e. The van der Waals surface area contributed by atoms with E-state index < -0.39 is 21.0 Å². The van der Waals surface area contributed by atoms with Gasteiger partial charge in [0.15, 0.2) is 9.84 Å². The van der Waals surface area contributed by atoms with E-state index in [1.807, 2.05) is 12.1 Å². The van der Waals surface area contributed by atoms with E-state index in [9.17, 15) is 13.2 Å². The van der Waals surface area contributed by atoms with Crippen LogP contribution in [-0.4, -0.2) is 35.6 Å². The van der Waals surface area contributed by atoms with Crippen LogP contribution in [0.25, 0.3) is 0 Å². The Labute approximate surface area is 141 Å². The van der Waals surface area contributed by atoms with Crippen molar-refractivity contribution in [1.29, 1.82) is 0 Å². The summed E-state index contributed by atoms with van der Waals surface area (Å²) in [6, 6.07) is 9.99. The number of hydrogen-bond acceptors (Lipinski definition) is 4. The molecule has 1 aromatic heterocycles. The Morgan fingerprint density at radius 1 is 1.33 bits per heavy atom. The molecule has 3 rings (SSSR count). The highest BCUT2D eigenvalue weighted by atomic mass is 32.2. The molecular formula is C17H21N3O3S. The molecule has 1 heterocycles. The van der Waals surface area contributed by atoms with Crippen LogP contribution in [0.3, 0.4) is 0 Å². The van der Waals surface area contributed by atoms with Gasteiger partial charge in [0.2, 0.25) is 5.91 Å². The van der Waals surface area contributed by atoms with E-state index >= 15 is 0 Å². The second-order valence-corrected chi connectivity index (χ2v) is 8.60. The van der Waals surface area contributed by atoms with Crippen molar-refractivity contribution in [3.63, 3.8) is 0 Å². The largest absolute Gasteiger partial charge is 0.310 e. The summed E-state index contributed by atoms with van der Waals surface area (Å²) in [6.45, 7) is 1.39. The average Bonchev–Trinajstić information content (AvgIpc) is 3.00. The summed E-state index contributed by atoms with van der Waals surface area (Å²) in [5.74, 6) is -0.0134. The standard InChI is InChI=1S/C17H21N3O3S/c1-12(24(2,22)23)17(21)19-16-10-11-18-20(16)15-9-5-7-13-6-3-4-8-14(13)15/h3-4,6,8,10-12,15H,5,7,9H2,1-2H3,(H,19,21)/t12-,15+/m1/s1. The number of hydrogen-bond donors (Lipinski definition) is 1. The SMILES string of the molecule is C[C@H](C(=O)Nc1ccnn1[C@H]1CCCc2ccccc21)S(C)(=O)=O. The molecule has 1 N–H and O–H groups in total. The third-order valence-corrected chi connectivity index (χ3v) is 6.06. The lowest BCUT2D eigenvalue weighted by Gasteiger charge is -2.27. The number of aromatic nitrogens is 2. The van der Waals surface area contributed by atoms with E-state index in [1.54, 1.807) is 16.9 Å². The monoisotopic (exact) mass is 347 g/mol. The molecule has 2 aromatic rings. The first-order valence-electron chi connectivity index (χ1n) is 7.99. The molecule has 1 aliphatic rings. The van der Waals surface area contributed by atoms with Gasteiger partial charge in [-0.1, -0.05) is 24.3 Å². The van der Waals surface area contributed by atoms with Crippen LogP contribution < -0.4 is 5.32 Å². The van der Waals surface area contributed by atoms with Crippen LogP contribution in [0.5, 0.6) is 0 Å². The van der Waals surface area contributed by atoms with Gasteiger partial charge >= 0.3 is 0 Å². The van der Waals surface area contributed by atoms with E-state index in [4.69, 9.17) is 0 Å². The number of benzene rings is 1. The third kappa shape index (κ3) is 3.21. The van der Waals surface area contributed by atoms with Crippen LogP contribution in [0.4, 0.5) is 5.82 Å². The number of nitrogens with zero attached hydrogens (tertiary/aromatic N) is 2. The van der Waals surface area contributed by atoms with E-state index in [0.29, 0.717) is 5.82 Å². The van der Waals surface area contributed by atoms with Crippen molar-refractivity contribution < 1.29 is 13.2 Å². The van der Waals surface area contributed by atoms with Gasteiger partial charge in [-0.05, 0) is 37.3 Å². The zero-order valence-corrected chi connectivity index (χ0v) is 14.6.